The largest absolute Gasteiger partial charge is 0.472 e. The Kier molecular flexibility index (Phi) is 65.6. The molecule has 0 saturated heterocycles. The highest BCUT2D eigenvalue weighted by atomic mass is 31.2. The molecule has 0 saturated carbocycles. The molecule has 0 heterocycles. The van der Waals surface area contributed by atoms with Gasteiger partial charge in [0.05, 0.1) is 39.9 Å². The van der Waals surface area contributed by atoms with Gasteiger partial charge in [0.2, 0.25) is 5.91 Å². The minimum Gasteiger partial charge on any atom is -0.387 e. The van der Waals surface area contributed by atoms with Gasteiger partial charge in [0, 0.05) is 6.42 Å². The minimum atomic E-state index is -4.35. The van der Waals surface area contributed by atoms with Gasteiger partial charge >= 0.3 is 7.82 Å². The average Bonchev–Trinajstić information content (AvgIpc) is 3.56. The van der Waals surface area contributed by atoms with Crippen LogP contribution in [0.5, 0.6) is 0 Å². The normalized spacial score (nSPS) is 13.7. The van der Waals surface area contributed by atoms with E-state index in [1.807, 2.05) is 27.2 Å². The van der Waals surface area contributed by atoms with Crippen molar-refractivity contribution in [3.63, 3.8) is 0 Å². The molecule has 0 spiro atoms. The molecular weight excluding hydrogens is 1060 g/mol. The summed E-state index contributed by atoms with van der Waals surface area (Å²) in [5.41, 5.74) is 0. The lowest BCUT2D eigenvalue weighted by molar-refractivity contribution is -0.870. The number of quaternary nitrogens is 1. The first-order chi connectivity index (χ1) is 41.0. The molecule has 3 atom stereocenters. The molecule has 0 aliphatic heterocycles. The predicted octanol–water partition coefficient (Wildman–Crippen LogP) is 24.2. The number of allylic oxidation sites excluding steroid dienone is 3. The number of hydrogen-bond donors (Lipinski definition) is 3. The Morgan fingerprint density at radius 3 is 0.917 bits per heavy atom. The van der Waals surface area contributed by atoms with Crippen LogP contribution >= 0.6 is 7.82 Å². The molecule has 0 radical (unpaired) electrons. The molecule has 1 amide bonds. The molecule has 500 valence electrons. The van der Waals surface area contributed by atoms with Gasteiger partial charge in [-0.05, 0) is 44.9 Å². The maximum absolute atomic E-state index is 13.1. The van der Waals surface area contributed by atoms with E-state index in [0.717, 1.165) is 32.1 Å². The maximum Gasteiger partial charge on any atom is 0.472 e. The quantitative estimate of drug-likeness (QED) is 0.0243. The third kappa shape index (κ3) is 68.5. The van der Waals surface area contributed by atoms with Crippen LogP contribution in [-0.2, 0) is 18.4 Å². The second-order valence-electron chi connectivity index (χ2n) is 27.4. The zero-order valence-corrected chi connectivity index (χ0v) is 58.3. The monoisotopic (exact) mass is 1210 g/mol. The summed E-state index contributed by atoms with van der Waals surface area (Å²) in [6.07, 6.45) is 87.9. The van der Waals surface area contributed by atoms with Gasteiger partial charge in [-0.3, -0.25) is 13.8 Å². The topological polar surface area (TPSA) is 105 Å². The molecule has 0 bridgehead atoms. The van der Waals surface area contributed by atoms with E-state index in [4.69, 9.17) is 9.05 Å². The van der Waals surface area contributed by atoms with Gasteiger partial charge in [-0.2, -0.15) is 0 Å². The highest BCUT2D eigenvalue weighted by Gasteiger charge is 2.28. The lowest BCUT2D eigenvalue weighted by Crippen LogP contribution is -2.45. The first-order valence-corrected chi connectivity index (χ1v) is 39.2. The Labute approximate surface area is 525 Å². The van der Waals surface area contributed by atoms with Crippen molar-refractivity contribution < 1.29 is 32.9 Å². The minimum absolute atomic E-state index is 0.0649. The molecule has 0 rings (SSSR count). The van der Waals surface area contributed by atoms with E-state index in [2.05, 4.69) is 31.3 Å². The summed E-state index contributed by atoms with van der Waals surface area (Å²) >= 11 is 0. The zero-order chi connectivity index (χ0) is 61.2. The molecule has 9 heteroatoms. The van der Waals surface area contributed by atoms with Crippen LogP contribution in [0.1, 0.15) is 399 Å². The number of aliphatic hydroxyl groups excluding tert-OH is 1. The number of nitrogens with one attached hydrogen (secondary N) is 1. The zero-order valence-electron chi connectivity index (χ0n) is 57.4. The number of nitrogens with zero attached hydrogens (tertiary/aromatic N) is 1. The second kappa shape index (κ2) is 66.4. The molecule has 3 N–H and O–H groups in total. The van der Waals surface area contributed by atoms with Crippen LogP contribution in [-0.4, -0.2) is 73.4 Å². The number of carbonyl (C=O) groups excluding carboxylic acids is 1. The molecule has 0 aromatic heterocycles. The molecule has 0 fully saturated rings. The summed E-state index contributed by atoms with van der Waals surface area (Å²) in [4.78, 5) is 23.4. The number of unbranched alkanes of at least 4 members (excludes halogenated alkanes) is 56. The van der Waals surface area contributed by atoms with E-state index in [9.17, 15) is 19.4 Å². The van der Waals surface area contributed by atoms with E-state index < -0.39 is 20.0 Å². The molecule has 0 aliphatic carbocycles. The van der Waals surface area contributed by atoms with Gasteiger partial charge in [0.1, 0.15) is 13.2 Å². The van der Waals surface area contributed by atoms with Crippen molar-refractivity contribution in [2.45, 2.75) is 411 Å². The Hall–Kier alpha value is -1.02. The summed E-state index contributed by atoms with van der Waals surface area (Å²) in [7, 11) is 1.59. The number of carbonyl (C=O) groups is 1. The lowest BCUT2D eigenvalue weighted by Gasteiger charge is -2.25. The van der Waals surface area contributed by atoms with Crippen molar-refractivity contribution in [3.05, 3.63) is 24.3 Å². The number of amides is 1. The highest BCUT2D eigenvalue weighted by molar-refractivity contribution is 7.47. The number of phosphoric acid groups is 1. The molecule has 8 nitrogen and oxygen atoms in total. The smallest absolute Gasteiger partial charge is 0.387 e. The number of likely N-dealkylation sites (N-methyl/N-ethyl adjacent to an activating group) is 1. The van der Waals surface area contributed by atoms with E-state index in [1.165, 1.54) is 347 Å². The average molecular weight is 1210 g/mol. The van der Waals surface area contributed by atoms with Crippen molar-refractivity contribution in [1.29, 1.82) is 0 Å². The Balaban J connectivity index is 3.91. The number of aliphatic hydroxyl groups is 1. The van der Waals surface area contributed by atoms with Crippen molar-refractivity contribution >= 4 is 13.7 Å². The summed E-state index contributed by atoms with van der Waals surface area (Å²) < 4.78 is 23.8. The molecule has 0 aromatic carbocycles. The van der Waals surface area contributed by atoms with Crippen molar-refractivity contribution in [3.8, 4) is 0 Å². The van der Waals surface area contributed by atoms with Crippen molar-refractivity contribution in [2.24, 2.45) is 0 Å². The summed E-state index contributed by atoms with van der Waals surface area (Å²) in [6, 6.07) is -0.845. The number of phosphoric ester groups is 1. The predicted molar refractivity (Wildman–Crippen MR) is 369 cm³/mol. The first kappa shape index (κ1) is 83.0. The van der Waals surface area contributed by atoms with Gasteiger partial charge in [0.15, 0.2) is 0 Å². The summed E-state index contributed by atoms with van der Waals surface area (Å²) in [5, 5.41) is 14.0. The summed E-state index contributed by atoms with van der Waals surface area (Å²) in [6.45, 7) is 4.88. The Morgan fingerprint density at radius 1 is 0.393 bits per heavy atom. The van der Waals surface area contributed by atoms with Crippen LogP contribution < -0.4 is 5.32 Å². The van der Waals surface area contributed by atoms with E-state index in [0.29, 0.717) is 17.4 Å². The van der Waals surface area contributed by atoms with Crippen LogP contribution in [0.2, 0.25) is 0 Å². The molecule has 0 aromatic rings. The first-order valence-electron chi connectivity index (χ1n) is 37.7. The van der Waals surface area contributed by atoms with Crippen LogP contribution in [0.3, 0.4) is 0 Å². The molecule has 84 heavy (non-hydrogen) atoms. The fourth-order valence-electron chi connectivity index (χ4n) is 11.8. The van der Waals surface area contributed by atoms with Gasteiger partial charge in [-0.25, -0.2) is 4.57 Å². The number of hydrogen-bond acceptors (Lipinski definition) is 5. The molecule has 3 unspecified atom stereocenters. The van der Waals surface area contributed by atoms with Crippen LogP contribution in [0.15, 0.2) is 24.3 Å². The Bertz CT molecular complexity index is 1420. The van der Waals surface area contributed by atoms with E-state index in [-0.39, 0.29) is 19.1 Å². The third-order valence-electron chi connectivity index (χ3n) is 17.7. The molecule has 0 aliphatic rings. The standard InChI is InChI=1S/C75H149N2O6P/c1-6-8-10-12-14-16-18-20-22-24-26-28-30-31-32-33-34-35-36-37-38-39-40-41-42-43-44-45-47-49-51-53-55-57-59-61-63-65-67-69-75(79)76-73(72-83-84(80,81)82-71-70-77(3,4)5)74(78)68-66-64-62-60-58-56-54-52-50-48-46-29-27-25-23-21-19-17-15-13-11-9-7-2/h24,26,66,68,73-74,78H,6-23,25,27-65,67,69-72H2,1-5H3,(H-,76,79,80,81)/p+1/b26-24-,68-66+. The summed E-state index contributed by atoms with van der Waals surface area (Å²) in [5.74, 6) is -0.167. The highest BCUT2D eigenvalue weighted by Crippen LogP contribution is 2.43. The SMILES string of the molecule is CCCCCCCCCC/C=C\CCCCCCCCCCCCCCCCCCCCCCCCCCCCCC(=O)NC(COP(=O)(O)OCC[N+](C)(C)C)C(O)/C=C/CCCCCCCCCCCCCCCCCCCCCCC. The van der Waals surface area contributed by atoms with E-state index in [1.54, 1.807) is 6.08 Å². The van der Waals surface area contributed by atoms with Gasteiger partial charge in [0.25, 0.3) is 0 Å². The fraction of sp³-hybridized carbons (Fsp3) is 0.933. The van der Waals surface area contributed by atoms with E-state index >= 15 is 0 Å². The lowest BCUT2D eigenvalue weighted by atomic mass is 10.0. The number of rotatable bonds is 71. The van der Waals surface area contributed by atoms with Gasteiger partial charge in [-0.1, -0.05) is 372 Å². The van der Waals surface area contributed by atoms with Crippen LogP contribution in [0.25, 0.3) is 0 Å². The maximum atomic E-state index is 13.1. The van der Waals surface area contributed by atoms with Gasteiger partial charge in [-0.15, -0.1) is 0 Å². The van der Waals surface area contributed by atoms with Crippen LogP contribution in [0.4, 0.5) is 0 Å². The Morgan fingerprint density at radius 2 is 0.643 bits per heavy atom. The fourth-order valence-corrected chi connectivity index (χ4v) is 12.5. The van der Waals surface area contributed by atoms with Gasteiger partial charge < -0.3 is 19.8 Å². The van der Waals surface area contributed by atoms with Crippen LogP contribution in [0, 0.1) is 0 Å². The van der Waals surface area contributed by atoms with Crippen molar-refractivity contribution in [1.82, 2.24) is 5.32 Å². The molecular formula is C75H150N2O6P+. The van der Waals surface area contributed by atoms with Crippen molar-refractivity contribution in [2.75, 3.05) is 40.9 Å². The second-order valence-corrected chi connectivity index (χ2v) is 28.8. The third-order valence-corrected chi connectivity index (χ3v) is 18.6.